The summed E-state index contributed by atoms with van der Waals surface area (Å²) in [4.78, 5) is 0. The lowest BCUT2D eigenvalue weighted by Gasteiger charge is -2.16. The number of ether oxygens (including phenoxy) is 1. The third-order valence-corrected chi connectivity index (χ3v) is 3.29. The zero-order valence-electron chi connectivity index (χ0n) is 7.91. The van der Waals surface area contributed by atoms with Crippen molar-refractivity contribution in [3.8, 4) is 5.75 Å². The fourth-order valence-electron chi connectivity index (χ4n) is 1.61. The Morgan fingerprint density at radius 1 is 1.40 bits per heavy atom. The van der Waals surface area contributed by atoms with Crippen LogP contribution in [-0.4, -0.2) is 17.8 Å². The molecule has 0 aliphatic carbocycles. The Kier molecular flexibility index (Phi) is 3.07. The highest BCUT2D eigenvalue weighted by Crippen LogP contribution is 2.40. The number of aliphatic hydroxyl groups excluding tert-OH is 1. The van der Waals surface area contributed by atoms with Crippen LogP contribution in [0.25, 0.3) is 0 Å². The summed E-state index contributed by atoms with van der Waals surface area (Å²) in [5.41, 5.74) is 6.38. The largest absolute Gasteiger partial charge is 0.492 e. The molecule has 1 aliphatic heterocycles. The van der Waals surface area contributed by atoms with Crippen molar-refractivity contribution in [2.75, 3.05) is 6.61 Å². The molecule has 1 aliphatic rings. The van der Waals surface area contributed by atoms with Gasteiger partial charge in [0.2, 0.25) is 0 Å². The van der Waals surface area contributed by atoms with Gasteiger partial charge in [-0.2, -0.15) is 0 Å². The number of hydrogen-bond acceptors (Lipinski definition) is 3. The number of hydrogen-bond donors (Lipinski definition) is 2. The minimum absolute atomic E-state index is 0.330. The lowest BCUT2D eigenvalue weighted by Crippen LogP contribution is -2.28. The fraction of sp³-hybridized carbons (Fsp3) is 0.400. The zero-order chi connectivity index (χ0) is 11.0. The molecule has 0 radical (unpaired) electrons. The standard InChI is InChI=1S/C10H11Cl2NO2/c11-6-2-1-5-9(14)7(13)3-4-15-10(5)8(6)12/h1-2,7,9,14H,3-4,13H2. The highest BCUT2D eigenvalue weighted by Gasteiger charge is 2.26. The van der Waals surface area contributed by atoms with E-state index in [1.54, 1.807) is 12.1 Å². The highest BCUT2D eigenvalue weighted by molar-refractivity contribution is 6.43. The van der Waals surface area contributed by atoms with E-state index in [4.69, 9.17) is 33.7 Å². The first-order valence-electron chi connectivity index (χ1n) is 4.65. The molecule has 0 aromatic heterocycles. The molecule has 1 aromatic carbocycles. The number of aliphatic hydroxyl groups is 1. The van der Waals surface area contributed by atoms with Gasteiger partial charge in [0.1, 0.15) is 10.8 Å². The summed E-state index contributed by atoms with van der Waals surface area (Å²) in [6, 6.07) is 3.00. The molecule has 2 rings (SSSR count). The summed E-state index contributed by atoms with van der Waals surface area (Å²) in [7, 11) is 0. The average molecular weight is 248 g/mol. The summed E-state index contributed by atoms with van der Waals surface area (Å²) in [6.45, 7) is 0.436. The molecule has 2 atom stereocenters. The number of nitrogens with two attached hydrogens (primary N) is 1. The van der Waals surface area contributed by atoms with Crippen LogP contribution in [-0.2, 0) is 0 Å². The van der Waals surface area contributed by atoms with Crippen LogP contribution in [0.5, 0.6) is 5.75 Å². The summed E-state index contributed by atoms with van der Waals surface area (Å²) in [5.74, 6) is 0.449. The van der Waals surface area contributed by atoms with Crippen molar-refractivity contribution in [1.29, 1.82) is 0 Å². The van der Waals surface area contributed by atoms with Crippen molar-refractivity contribution in [3.05, 3.63) is 27.7 Å². The first-order valence-corrected chi connectivity index (χ1v) is 5.41. The van der Waals surface area contributed by atoms with Gasteiger partial charge in [-0.1, -0.05) is 29.3 Å². The van der Waals surface area contributed by atoms with Crippen LogP contribution in [0.1, 0.15) is 18.1 Å². The molecule has 3 nitrogen and oxygen atoms in total. The Bertz CT molecular complexity index is 384. The second-order valence-corrected chi connectivity index (χ2v) is 4.31. The molecule has 0 amide bonds. The van der Waals surface area contributed by atoms with Gasteiger partial charge in [-0.05, 0) is 12.5 Å². The normalized spacial score (nSPS) is 25.3. The summed E-state index contributed by atoms with van der Waals surface area (Å²) in [6.07, 6.45) is -0.165. The van der Waals surface area contributed by atoms with Crippen LogP contribution in [0, 0.1) is 0 Å². The summed E-state index contributed by atoms with van der Waals surface area (Å²) in [5, 5.41) is 10.7. The predicted molar refractivity (Wildman–Crippen MR) is 59.5 cm³/mol. The van der Waals surface area contributed by atoms with E-state index in [0.717, 1.165) is 0 Å². The van der Waals surface area contributed by atoms with Gasteiger partial charge in [0.25, 0.3) is 0 Å². The van der Waals surface area contributed by atoms with Crippen molar-refractivity contribution < 1.29 is 9.84 Å². The molecule has 0 bridgehead atoms. The van der Waals surface area contributed by atoms with Crippen LogP contribution >= 0.6 is 23.2 Å². The molecular weight excluding hydrogens is 237 g/mol. The zero-order valence-corrected chi connectivity index (χ0v) is 9.42. The monoisotopic (exact) mass is 247 g/mol. The number of fused-ring (bicyclic) bond motifs is 1. The molecule has 3 N–H and O–H groups in total. The predicted octanol–water partition coefficient (Wildman–Crippen LogP) is 2.14. The molecular formula is C10H11Cl2NO2. The van der Waals surface area contributed by atoms with Gasteiger partial charge in [0.05, 0.1) is 17.7 Å². The topological polar surface area (TPSA) is 55.5 Å². The molecule has 2 unspecified atom stereocenters. The Morgan fingerprint density at radius 2 is 2.13 bits per heavy atom. The highest BCUT2D eigenvalue weighted by atomic mass is 35.5. The SMILES string of the molecule is NC1CCOc2c(ccc(Cl)c2Cl)C1O. The van der Waals surface area contributed by atoms with Crippen LogP contribution in [0.15, 0.2) is 12.1 Å². The molecule has 0 spiro atoms. The van der Waals surface area contributed by atoms with Crippen molar-refractivity contribution in [2.45, 2.75) is 18.6 Å². The second-order valence-electron chi connectivity index (χ2n) is 3.53. The second kappa shape index (κ2) is 4.18. The third-order valence-electron chi connectivity index (χ3n) is 2.50. The van der Waals surface area contributed by atoms with Crippen molar-refractivity contribution in [1.82, 2.24) is 0 Å². The minimum Gasteiger partial charge on any atom is -0.492 e. The van der Waals surface area contributed by atoms with E-state index in [9.17, 15) is 5.11 Å². The van der Waals surface area contributed by atoms with E-state index >= 15 is 0 Å². The van der Waals surface area contributed by atoms with Gasteiger partial charge in [-0.15, -0.1) is 0 Å². The minimum atomic E-state index is -0.753. The average Bonchev–Trinajstić information content (AvgIpc) is 2.35. The van der Waals surface area contributed by atoms with E-state index in [2.05, 4.69) is 0 Å². The maximum absolute atomic E-state index is 9.92. The van der Waals surface area contributed by atoms with E-state index in [-0.39, 0.29) is 6.04 Å². The van der Waals surface area contributed by atoms with E-state index in [1.165, 1.54) is 0 Å². The first-order chi connectivity index (χ1) is 7.11. The maximum Gasteiger partial charge on any atom is 0.145 e. The molecule has 5 heteroatoms. The number of benzene rings is 1. The van der Waals surface area contributed by atoms with Crippen LogP contribution < -0.4 is 10.5 Å². The smallest absolute Gasteiger partial charge is 0.145 e. The lowest BCUT2D eigenvalue weighted by atomic mass is 10.0. The van der Waals surface area contributed by atoms with Gasteiger partial charge in [-0.25, -0.2) is 0 Å². The van der Waals surface area contributed by atoms with Gasteiger partial charge >= 0.3 is 0 Å². The molecule has 82 valence electrons. The van der Waals surface area contributed by atoms with Gasteiger partial charge in [0.15, 0.2) is 0 Å². The molecule has 0 fully saturated rings. The van der Waals surface area contributed by atoms with Crippen LogP contribution in [0.2, 0.25) is 10.0 Å². The quantitative estimate of drug-likeness (QED) is 0.739. The molecule has 15 heavy (non-hydrogen) atoms. The third kappa shape index (κ3) is 1.93. The van der Waals surface area contributed by atoms with E-state index < -0.39 is 6.10 Å². The molecule has 1 heterocycles. The Labute approximate surface area is 97.7 Å². The Hall–Kier alpha value is -0.480. The van der Waals surface area contributed by atoms with Gasteiger partial charge in [0, 0.05) is 11.6 Å². The van der Waals surface area contributed by atoms with Crippen molar-refractivity contribution in [2.24, 2.45) is 5.73 Å². The van der Waals surface area contributed by atoms with Crippen LogP contribution in [0.3, 0.4) is 0 Å². The van der Waals surface area contributed by atoms with Crippen LogP contribution in [0.4, 0.5) is 0 Å². The van der Waals surface area contributed by atoms with Gasteiger partial charge < -0.3 is 15.6 Å². The van der Waals surface area contributed by atoms with E-state index in [0.29, 0.717) is 34.4 Å². The number of rotatable bonds is 0. The summed E-state index contributed by atoms with van der Waals surface area (Å²) < 4.78 is 5.44. The molecule has 1 aromatic rings. The van der Waals surface area contributed by atoms with Crippen molar-refractivity contribution in [3.63, 3.8) is 0 Å². The van der Waals surface area contributed by atoms with Crippen molar-refractivity contribution >= 4 is 23.2 Å². The lowest BCUT2D eigenvalue weighted by molar-refractivity contribution is 0.145. The molecule has 0 saturated heterocycles. The van der Waals surface area contributed by atoms with Gasteiger partial charge in [-0.3, -0.25) is 0 Å². The maximum atomic E-state index is 9.92. The van der Waals surface area contributed by atoms with E-state index in [1.807, 2.05) is 0 Å². The number of halogens is 2. The Balaban J connectivity index is 2.53. The summed E-state index contributed by atoms with van der Waals surface area (Å²) >= 11 is 11.8. The Morgan fingerprint density at radius 3 is 2.87 bits per heavy atom. The first kappa shape index (κ1) is 11.0. The fourth-order valence-corrected chi connectivity index (χ4v) is 1.99. The molecule has 0 saturated carbocycles.